The maximum absolute atomic E-state index is 13.6. The molecule has 3 aromatic rings. The van der Waals surface area contributed by atoms with Gasteiger partial charge in [0.2, 0.25) is 11.8 Å². The fraction of sp³-hybridized carbons (Fsp3) is 0.286. The number of carbonyl (C=O) groups excluding carboxylic acids is 2. The molecule has 0 aliphatic rings. The molecule has 2 amide bonds. The summed E-state index contributed by atoms with van der Waals surface area (Å²) < 4.78 is 0. The first kappa shape index (κ1) is 24.5. The van der Waals surface area contributed by atoms with E-state index in [1.807, 2.05) is 84.9 Å². The molecule has 3 rings (SSSR count). The zero-order valence-electron chi connectivity index (χ0n) is 19.0. The maximum Gasteiger partial charge on any atom is 0.243 e. The summed E-state index contributed by atoms with van der Waals surface area (Å²) in [6.07, 6.45) is 2.58. The number of halogens is 1. The third-order valence-corrected chi connectivity index (χ3v) is 5.82. The van der Waals surface area contributed by atoms with Gasteiger partial charge in [0.25, 0.3) is 0 Å². The number of hydrogen-bond acceptors (Lipinski definition) is 2. The van der Waals surface area contributed by atoms with Crippen LogP contribution in [0.4, 0.5) is 0 Å². The average Bonchev–Trinajstić information content (AvgIpc) is 2.84. The van der Waals surface area contributed by atoms with Crippen LogP contribution in [0.1, 0.15) is 36.5 Å². The number of nitrogens with one attached hydrogen (secondary N) is 1. The maximum atomic E-state index is 13.6. The molecule has 5 heteroatoms. The highest BCUT2D eigenvalue weighted by Crippen LogP contribution is 2.18. The second-order valence-corrected chi connectivity index (χ2v) is 8.60. The fourth-order valence-electron chi connectivity index (χ4n) is 3.72. The van der Waals surface area contributed by atoms with Crippen LogP contribution < -0.4 is 5.32 Å². The Kier molecular flexibility index (Phi) is 9.52. The summed E-state index contributed by atoms with van der Waals surface area (Å²) in [5.74, 6) is -0.203. The summed E-state index contributed by atoms with van der Waals surface area (Å²) in [5.41, 5.74) is 2.87. The van der Waals surface area contributed by atoms with Crippen LogP contribution in [0.15, 0.2) is 84.9 Å². The lowest BCUT2D eigenvalue weighted by atomic mass is 10.0. The largest absolute Gasteiger partial charge is 0.354 e. The number of carbonyl (C=O) groups is 2. The SMILES string of the molecule is CCCCNC(=O)[C@H](Cc1ccccc1)N(Cc1ccc(Cl)cc1)C(=O)Cc1ccccc1. The Morgan fingerprint density at radius 2 is 1.45 bits per heavy atom. The minimum absolute atomic E-state index is 0.0808. The van der Waals surface area contributed by atoms with Crippen molar-refractivity contribution in [1.82, 2.24) is 10.2 Å². The average molecular weight is 463 g/mol. The van der Waals surface area contributed by atoms with Crippen LogP contribution in [0.3, 0.4) is 0 Å². The molecular formula is C28H31ClN2O2. The van der Waals surface area contributed by atoms with Crippen LogP contribution in [0.5, 0.6) is 0 Å². The van der Waals surface area contributed by atoms with Gasteiger partial charge in [0, 0.05) is 24.5 Å². The van der Waals surface area contributed by atoms with Crippen LogP contribution in [0, 0.1) is 0 Å². The Balaban J connectivity index is 1.91. The van der Waals surface area contributed by atoms with Crippen molar-refractivity contribution in [2.75, 3.05) is 6.54 Å². The highest BCUT2D eigenvalue weighted by atomic mass is 35.5. The quantitative estimate of drug-likeness (QED) is 0.386. The highest BCUT2D eigenvalue weighted by Gasteiger charge is 2.30. The molecule has 0 radical (unpaired) electrons. The van der Waals surface area contributed by atoms with E-state index in [1.165, 1.54) is 0 Å². The fourth-order valence-corrected chi connectivity index (χ4v) is 3.84. The first-order valence-corrected chi connectivity index (χ1v) is 11.8. The van der Waals surface area contributed by atoms with Gasteiger partial charge in [-0.1, -0.05) is 97.7 Å². The summed E-state index contributed by atoms with van der Waals surface area (Å²) >= 11 is 6.06. The van der Waals surface area contributed by atoms with Gasteiger partial charge in [0.1, 0.15) is 6.04 Å². The second kappa shape index (κ2) is 12.8. The lowest BCUT2D eigenvalue weighted by Gasteiger charge is -2.31. The van der Waals surface area contributed by atoms with Gasteiger partial charge in [-0.25, -0.2) is 0 Å². The van der Waals surface area contributed by atoms with Crippen LogP contribution in [-0.2, 0) is 29.0 Å². The molecule has 1 atom stereocenters. The number of benzene rings is 3. The predicted octanol–water partition coefficient (Wildman–Crippen LogP) is 5.44. The molecule has 0 aliphatic heterocycles. The molecule has 3 aromatic carbocycles. The van der Waals surface area contributed by atoms with E-state index in [1.54, 1.807) is 4.90 Å². The Labute approximate surface area is 201 Å². The van der Waals surface area contributed by atoms with Crippen molar-refractivity contribution in [1.29, 1.82) is 0 Å². The number of unbranched alkanes of at least 4 members (excludes halogenated alkanes) is 1. The molecule has 0 heterocycles. The van der Waals surface area contributed by atoms with E-state index in [0.29, 0.717) is 24.5 Å². The first-order chi connectivity index (χ1) is 16.1. The molecule has 0 aromatic heterocycles. The monoisotopic (exact) mass is 462 g/mol. The molecule has 172 valence electrons. The third kappa shape index (κ3) is 7.76. The molecule has 0 bridgehead atoms. The smallest absolute Gasteiger partial charge is 0.243 e. The lowest BCUT2D eigenvalue weighted by Crippen LogP contribution is -2.51. The zero-order chi connectivity index (χ0) is 23.5. The van der Waals surface area contributed by atoms with Crippen LogP contribution in [0.2, 0.25) is 5.02 Å². The van der Waals surface area contributed by atoms with Crippen molar-refractivity contribution in [3.05, 3.63) is 107 Å². The lowest BCUT2D eigenvalue weighted by molar-refractivity contribution is -0.140. The van der Waals surface area contributed by atoms with Gasteiger partial charge in [0.05, 0.1) is 6.42 Å². The van der Waals surface area contributed by atoms with E-state index in [0.717, 1.165) is 29.5 Å². The molecule has 4 nitrogen and oxygen atoms in total. The summed E-state index contributed by atoms with van der Waals surface area (Å²) in [4.78, 5) is 28.6. The second-order valence-electron chi connectivity index (χ2n) is 8.16. The number of rotatable bonds is 11. The van der Waals surface area contributed by atoms with E-state index in [9.17, 15) is 9.59 Å². The Morgan fingerprint density at radius 3 is 2.06 bits per heavy atom. The standard InChI is InChI=1S/C28H31ClN2O2/c1-2-3-18-30-28(33)26(19-22-10-6-4-7-11-22)31(21-24-14-16-25(29)17-15-24)27(32)20-23-12-8-5-9-13-23/h4-17,26H,2-3,18-21H2,1H3,(H,30,33)/t26-/m0/s1. The predicted molar refractivity (Wildman–Crippen MR) is 134 cm³/mol. The van der Waals surface area contributed by atoms with Gasteiger partial charge < -0.3 is 10.2 Å². The van der Waals surface area contributed by atoms with Gasteiger partial charge in [-0.3, -0.25) is 9.59 Å². The normalized spacial score (nSPS) is 11.6. The molecule has 0 saturated carbocycles. The van der Waals surface area contributed by atoms with E-state index in [4.69, 9.17) is 11.6 Å². The van der Waals surface area contributed by atoms with Crippen LogP contribution in [-0.4, -0.2) is 29.3 Å². The van der Waals surface area contributed by atoms with Crippen molar-refractivity contribution in [2.24, 2.45) is 0 Å². The molecule has 1 N–H and O–H groups in total. The summed E-state index contributed by atoms with van der Waals surface area (Å²) in [6, 6.07) is 26.3. The van der Waals surface area contributed by atoms with Gasteiger partial charge in [0.15, 0.2) is 0 Å². The number of nitrogens with zero attached hydrogens (tertiary/aromatic N) is 1. The van der Waals surface area contributed by atoms with E-state index < -0.39 is 6.04 Å². The third-order valence-electron chi connectivity index (χ3n) is 5.57. The number of amides is 2. The molecule has 0 aliphatic carbocycles. The molecule has 0 spiro atoms. The molecule has 0 unspecified atom stereocenters. The van der Waals surface area contributed by atoms with E-state index >= 15 is 0 Å². The highest BCUT2D eigenvalue weighted by molar-refractivity contribution is 6.30. The van der Waals surface area contributed by atoms with Crippen molar-refractivity contribution in [2.45, 2.75) is 45.2 Å². The molecule has 0 fully saturated rings. The molecular weight excluding hydrogens is 432 g/mol. The van der Waals surface area contributed by atoms with Gasteiger partial charge in [-0.2, -0.15) is 0 Å². The van der Waals surface area contributed by atoms with Crippen molar-refractivity contribution in [3.8, 4) is 0 Å². The molecule has 33 heavy (non-hydrogen) atoms. The minimum atomic E-state index is -0.615. The Hall–Kier alpha value is -3.11. The van der Waals surface area contributed by atoms with Crippen molar-refractivity contribution >= 4 is 23.4 Å². The number of hydrogen-bond donors (Lipinski definition) is 1. The van der Waals surface area contributed by atoms with Gasteiger partial charge >= 0.3 is 0 Å². The van der Waals surface area contributed by atoms with Crippen molar-refractivity contribution in [3.63, 3.8) is 0 Å². The minimum Gasteiger partial charge on any atom is -0.354 e. The van der Waals surface area contributed by atoms with Gasteiger partial charge in [-0.15, -0.1) is 0 Å². The Morgan fingerprint density at radius 1 is 0.848 bits per heavy atom. The molecule has 0 saturated heterocycles. The van der Waals surface area contributed by atoms with Crippen LogP contribution >= 0.6 is 11.6 Å². The van der Waals surface area contributed by atoms with E-state index in [-0.39, 0.29) is 18.2 Å². The zero-order valence-corrected chi connectivity index (χ0v) is 19.8. The first-order valence-electron chi connectivity index (χ1n) is 11.5. The van der Waals surface area contributed by atoms with Gasteiger partial charge in [-0.05, 0) is 35.2 Å². The summed E-state index contributed by atoms with van der Waals surface area (Å²) in [6.45, 7) is 3.02. The van der Waals surface area contributed by atoms with Crippen LogP contribution in [0.25, 0.3) is 0 Å². The summed E-state index contributed by atoms with van der Waals surface area (Å²) in [7, 11) is 0. The summed E-state index contributed by atoms with van der Waals surface area (Å²) in [5, 5.41) is 3.68. The topological polar surface area (TPSA) is 49.4 Å². The van der Waals surface area contributed by atoms with Crippen molar-refractivity contribution < 1.29 is 9.59 Å². The Bertz CT molecular complexity index is 1010. The van der Waals surface area contributed by atoms with E-state index in [2.05, 4.69) is 12.2 Å².